The molecule has 6 heteroatoms. The molecule has 0 unspecified atom stereocenters. The van der Waals surface area contributed by atoms with Crippen molar-refractivity contribution in [2.45, 2.75) is 39.3 Å². The summed E-state index contributed by atoms with van der Waals surface area (Å²) in [4.78, 5) is 23.9. The second-order valence-electron chi connectivity index (χ2n) is 5.40. The third-order valence-corrected chi connectivity index (χ3v) is 3.48. The van der Waals surface area contributed by atoms with E-state index in [2.05, 4.69) is 10.6 Å². The van der Waals surface area contributed by atoms with Crippen molar-refractivity contribution in [2.24, 2.45) is 0 Å². The summed E-state index contributed by atoms with van der Waals surface area (Å²) >= 11 is 1.43. The van der Waals surface area contributed by atoms with E-state index in [0.29, 0.717) is 0 Å². The molecule has 1 rings (SSSR count). The van der Waals surface area contributed by atoms with Gasteiger partial charge in [-0.25, -0.2) is 0 Å². The van der Waals surface area contributed by atoms with Gasteiger partial charge in [-0.3, -0.25) is 9.59 Å². The third kappa shape index (κ3) is 5.00. The van der Waals surface area contributed by atoms with Crippen molar-refractivity contribution in [2.75, 3.05) is 6.54 Å². The minimum Gasteiger partial charge on any atom is -0.386 e. The average Bonchev–Trinajstić information content (AvgIpc) is 2.69. The van der Waals surface area contributed by atoms with Crippen molar-refractivity contribution in [1.29, 1.82) is 0 Å². The van der Waals surface area contributed by atoms with Gasteiger partial charge in [0.25, 0.3) is 0 Å². The molecule has 0 bridgehead atoms. The van der Waals surface area contributed by atoms with Crippen LogP contribution in [0.15, 0.2) is 11.4 Å². The Kier molecular flexibility index (Phi) is 5.08. The number of carbonyl (C=O) groups excluding carboxylic acids is 2. The van der Waals surface area contributed by atoms with Gasteiger partial charge in [-0.15, -0.1) is 11.3 Å². The van der Waals surface area contributed by atoms with Gasteiger partial charge >= 0.3 is 11.8 Å². The van der Waals surface area contributed by atoms with Gasteiger partial charge in [-0.2, -0.15) is 0 Å². The molecule has 0 aliphatic heterocycles. The molecule has 0 fully saturated rings. The smallest absolute Gasteiger partial charge is 0.309 e. The second kappa shape index (κ2) is 6.16. The van der Waals surface area contributed by atoms with E-state index in [1.54, 1.807) is 20.8 Å². The maximum Gasteiger partial charge on any atom is 0.309 e. The zero-order chi connectivity index (χ0) is 14.6. The topological polar surface area (TPSA) is 78.4 Å². The predicted octanol–water partition coefficient (Wildman–Crippen LogP) is 1.12. The molecule has 0 aliphatic rings. The average molecular weight is 284 g/mol. The molecule has 0 aliphatic carbocycles. The largest absolute Gasteiger partial charge is 0.386 e. The molecule has 1 aromatic heterocycles. The summed E-state index contributed by atoms with van der Waals surface area (Å²) in [7, 11) is 0. The first-order chi connectivity index (χ1) is 8.70. The highest BCUT2D eigenvalue weighted by Gasteiger charge is 2.21. The SMILES string of the molecule is Cc1ccsc1[C@H](O)CNC(=O)C(=O)NC(C)(C)C. The molecule has 0 spiro atoms. The number of aliphatic hydroxyl groups excluding tert-OH is 1. The van der Waals surface area contributed by atoms with Gasteiger partial charge in [0.05, 0.1) is 0 Å². The van der Waals surface area contributed by atoms with Crippen molar-refractivity contribution in [3.05, 3.63) is 21.9 Å². The standard InChI is InChI=1S/C13H20N2O3S/c1-8-5-6-19-10(8)9(16)7-14-11(17)12(18)15-13(2,3)4/h5-6,9,16H,7H2,1-4H3,(H,14,17)(H,15,18)/t9-/m1/s1. The maximum absolute atomic E-state index is 11.5. The van der Waals surface area contributed by atoms with E-state index in [1.807, 2.05) is 18.4 Å². The lowest BCUT2D eigenvalue weighted by molar-refractivity contribution is -0.140. The molecule has 5 nitrogen and oxygen atoms in total. The van der Waals surface area contributed by atoms with E-state index in [-0.39, 0.29) is 6.54 Å². The summed E-state index contributed by atoms with van der Waals surface area (Å²) in [5.41, 5.74) is 0.517. The van der Waals surface area contributed by atoms with E-state index >= 15 is 0 Å². The molecule has 1 heterocycles. The van der Waals surface area contributed by atoms with Gasteiger partial charge in [0, 0.05) is 17.0 Å². The molecular formula is C13H20N2O3S. The summed E-state index contributed by atoms with van der Waals surface area (Å²) in [6.07, 6.45) is -0.786. The number of carbonyl (C=O) groups is 2. The molecule has 19 heavy (non-hydrogen) atoms. The first kappa shape index (κ1) is 15.7. The van der Waals surface area contributed by atoms with Crippen molar-refractivity contribution in [1.82, 2.24) is 10.6 Å². The van der Waals surface area contributed by atoms with Crippen LogP contribution in [0.5, 0.6) is 0 Å². The molecule has 0 radical (unpaired) electrons. The number of nitrogens with one attached hydrogen (secondary N) is 2. The van der Waals surface area contributed by atoms with Crippen molar-refractivity contribution in [3.8, 4) is 0 Å². The highest BCUT2D eigenvalue weighted by molar-refractivity contribution is 7.10. The minimum atomic E-state index is -0.786. The Morgan fingerprint density at radius 1 is 1.37 bits per heavy atom. The molecule has 2 amide bonds. The third-order valence-electron chi connectivity index (χ3n) is 2.36. The number of hydrogen-bond donors (Lipinski definition) is 3. The first-order valence-electron chi connectivity index (χ1n) is 6.03. The zero-order valence-corrected chi connectivity index (χ0v) is 12.4. The van der Waals surface area contributed by atoms with Gasteiger partial charge in [0.1, 0.15) is 6.10 Å². The van der Waals surface area contributed by atoms with Gasteiger partial charge in [-0.1, -0.05) is 0 Å². The van der Waals surface area contributed by atoms with Crippen LogP contribution in [0.3, 0.4) is 0 Å². The van der Waals surface area contributed by atoms with Crippen LogP contribution in [-0.2, 0) is 9.59 Å². The summed E-state index contributed by atoms with van der Waals surface area (Å²) in [5.74, 6) is -1.43. The Morgan fingerprint density at radius 3 is 2.47 bits per heavy atom. The number of aryl methyl sites for hydroxylation is 1. The fourth-order valence-electron chi connectivity index (χ4n) is 1.49. The molecule has 1 aromatic rings. The van der Waals surface area contributed by atoms with E-state index in [0.717, 1.165) is 10.4 Å². The Bertz CT molecular complexity index is 463. The molecule has 3 N–H and O–H groups in total. The van der Waals surface area contributed by atoms with Crippen LogP contribution in [0.4, 0.5) is 0 Å². The van der Waals surface area contributed by atoms with E-state index in [4.69, 9.17) is 0 Å². The number of hydrogen-bond acceptors (Lipinski definition) is 4. The van der Waals surface area contributed by atoms with Crippen LogP contribution in [0.2, 0.25) is 0 Å². The number of amides is 2. The van der Waals surface area contributed by atoms with Gasteiger partial charge in [0.2, 0.25) is 0 Å². The van der Waals surface area contributed by atoms with Crippen LogP contribution in [-0.4, -0.2) is 29.0 Å². The van der Waals surface area contributed by atoms with Crippen molar-refractivity contribution < 1.29 is 14.7 Å². The normalized spacial score (nSPS) is 12.9. The van der Waals surface area contributed by atoms with Gasteiger partial charge in [-0.05, 0) is 44.7 Å². The van der Waals surface area contributed by atoms with E-state index in [1.165, 1.54) is 11.3 Å². The molecule has 1 atom stereocenters. The quantitative estimate of drug-likeness (QED) is 0.728. The number of thiophene rings is 1. The predicted molar refractivity (Wildman–Crippen MR) is 74.9 cm³/mol. The first-order valence-corrected chi connectivity index (χ1v) is 6.91. The summed E-state index contributed by atoms with van der Waals surface area (Å²) in [5, 5.41) is 16.8. The Hall–Kier alpha value is -1.40. The molecule has 0 saturated carbocycles. The Balaban J connectivity index is 2.47. The van der Waals surface area contributed by atoms with Crippen LogP contribution in [0.1, 0.15) is 37.3 Å². The van der Waals surface area contributed by atoms with Gasteiger partial charge in [0.15, 0.2) is 0 Å². The van der Waals surface area contributed by atoms with Crippen LogP contribution in [0, 0.1) is 6.92 Å². The van der Waals surface area contributed by atoms with Crippen LogP contribution >= 0.6 is 11.3 Å². The molecular weight excluding hydrogens is 264 g/mol. The summed E-state index contributed by atoms with van der Waals surface area (Å²) in [6.45, 7) is 7.30. The lowest BCUT2D eigenvalue weighted by atomic mass is 10.1. The molecule has 0 aromatic carbocycles. The lowest BCUT2D eigenvalue weighted by Gasteiger charge is -2.20. The van der Waals surface area contributed by atoms with Crippen molar-refractivity contribution in [3.63, 3.8) is 0 Å². The molecule has 106 valence electrons. The number of aliphatic hydroxyl groups is 1. The fraction of sp³-hybridized carbons (Fsp3) is 0.538. The zero-order valence-electron chi connectivity index (χ0n) is 11.6. The van der Waals surface area contributed by atoms with Crippen molar-refractivity contribution >= 4 is 23.2 Å². The summed E-state index contributed by atoms with van der Waals surface area (Å²) in [6, 6.07) is 1.90. The maximum atomic E-state index is 11.5. The van der Waals surface area contributed by atoms with Crippen LogP contribution in [0.25, 0.3) is 0 Å². The van der Waals surface area contributed by atoms with E-state index in [9.17, 15) is 14.7 Å². The van der Waals surface area contributed by atoms with Gasteiger partial charge < -0.3 is 15.7 Å². The second-order valence-corrected chi connectivity index (χ2v) is 6.35. The minimum absolute atomic E-state index is 0.0255. The fourth-order valence-corrected chi connectivity index (χ4v) is 2.40. The summed E-state index contributed by atoms with van der Waals surface area (Å²) < 4.78 is 0. The monoisotopic (exact) mass is 284 g/mol. The highest BCUT2D eigenvalue weighted by Crippen LogP contribution is 2.22. The van der Waals surface area contributed by atoms with Crippen LogP contribution < -0.4 is 10.6 Å². The Morgan fingerprint density at radius 2 is 2.00 bits per heavy atom. The number of rotatable bonds is 3. The lowest BCUT2D eigenvalue weighted by Crippen LogP contribution is -2.48. The van der Waals surface area contributed by atoms with E-state index < -0.39 is 23.5 Å². The Labute approximate surface area is 117 Å². The molecule has 0 saturated heterocycles. The highest BCUT2D eigenvalue weighted by atomic mass is 32.1.